The molecule has 1 heterocycles. The normalized spacial score (nSPS) is 10.4. The lowest BCUT2D eigenvalue weighted by Gasteiger charge is -2.00. The number of nitrogens with zero attached hydrogens (tertiary/aromatic N) is 1. The minimum Gasteiger partial charge on any atom is -0.332 e. The number of rotatable bonds is 4. The van der Waals surface area contributed by atoms with Gasteiger partial charge in [0, 0.05) is 16.1 Å². The van der Waals surface area contributed by atoms with Crippen molar-refractivity contribution in [3.8, 4) is 11.3 Å². The van der Waals surface area contributed by atoms with Crippen LogP contribution in [0.5, 0.6) is 0 Å². The first-order chi connectivity index (χ1) is 9.86. The highest BCUT2D eigenvalue weighted by Gasteiger charge is 2.11. The van der Waals surface area contributed by atoms with Crippen molar-refractivity contribution in [1.82, 2.24) is 4.98 Å². The molecule has 3 rings (SSSR count). The third-order valence-corrected chi connectivity index (χ3v) is 4.21. The first kappa shape index (κ1) is 12.9. The molecule has 3 aromatic rings. The van der Waals surface area contributed by atoms with E-state index in [9.17, 15) is 0 Å². The molecular weight excluding hydrogens is 264 g/mol. The summed E-state index contributed by atoms with van der Waals surface area (Å²) < 4.78 is 0. The van der Waals surface area contributed by atoms with E-state index in [1.54, 1.807) is 11.3 Å². The van der Waals surface area contributed by atoms with Gasteiger partial charge in [-0.15, -0.1) is 11.3 Å². The number of hydrogen-bond acceptors (Lipinski definition) is 3. The Morgan fingerprint density at radius 1 is 0.950 bits per heavy atom. The summed E-state index contributed by atoms with van der Waals surface area (Å²) >= 11 is 1.73. The van der Waals surface area contributed by atoms with Crippen LogP contribution in [0.1, 0.15) is 11.8 Å². The van der Waals surface area contributed by atoms with Gasteiger partial charge in [0.1, 0.15) is 0 Å². The fraction of sp³-hybridized carbons (Fsp3) is 0.118. The summed E-state index contributed by atoms with van der Waals surface area (Å²) in [7, 11) is 0. The first-order valence-electron chi connectivity index (χ1n) is 6.74. The Labute approximate surface area is 123 Å². The molecule has 0 amide bonds. The molecule has 2 nitrogen and oxygen atoms in total. The van der Waals surface area contributed by atoms with Crippen molar-refractivity contribution in [2.45, 2.75) is 13.3 Å². The Morgan fingerprint density at radius 3 is 2.25 bits per heavy atom. The Bertz CT molecular complexity index is 675. The van der Waals surface area contributed by atoms with Gasteiger partial charge in [-0.25, -0.2) is 4.98 Å². The Morgan fingerprint density at radius 2 is 1.60 bits per heavy atom. The third-order valence-electron chi connectivity index (χ3n) is 3.09. The highest BCUT2D eigenvalue weighted by molar-refractivity contribution is 7.16. The summed E-state index contributed by atoms with van der Waals surface area (Å²) in [6.07, 6.45) is 0.998. The lowest BCUT2D eigenvalue weighted by molar-refractivity contribution is 1.17. The number of hydrogen-bond donors (Lipinski definition) is 1. The molecule has 20 heavy (non-hydrogen) atoms. The van der Waals surface area contributed by atoms with E-state index in [4.69, 9.17) is 4.98 Å². The Hall–Kier alpha value is -2.13. The van der Waals surface area contributed by atoms with Crippen LogP contribution in [0.3, 0.4) is 0 Å². The second kappa shape index (κ2) is 5.88. The van der Waals surface area contributed by atoms with E-state index in [0.29, 0.717) is 0 Å². The highest BCUT2D eigenvalue weighted by Crippen LogP contribution is 2.32. The summed E-state index contributed by atoms with van der Waals surface area (Å²) in [5, 5.41) is 4.33. The van der Waals surface area contributed by atoms with E-state index in [1.165, 1.54) is 10.4 Å². The molecule has 2 aromatic carbocycles. The van der Waals surface area contributed by atoms with Gasteiger partial charge in [-0.2, -0.15) is 0 Å². The quantitative estimate of drug-likeness (QED) is 0.717. The van der Waals surface area contributed by atoms with Crippen LogP contribution < -0.4 is 5.32 Å². The van der Waals surface area contributed by atoms with Crippen molar-refractivity contribution in [1.29, 1.82) is 0 Å². The molecule has 0 aliphatic heterocycles. The van der Waals surface area contributed by atoms with Crippen molar-refractivity contribution in [3.63, 3.8) is 0 Å². The summed E-state index contributed by atoms with van der Waals surface area (Å²) in [6, 6.07) is 20.5. The molecule has 0 fully saturated rings. The van der Waals surface area contributed by atoms with Gasteiger partial charge >= 0.3 is 0 Å². The van der Waals surface area contributed by atoms with Gasteiger partial charge in [0.05, 0.1) is 5.69 Å². The summed E-state index contributed by atoms with van der Waals surface area (Å²) in [5.41, 5.74) is 3.35. The second-order valence-corrected chi connectivity index (χ2v) is 5.59. The molecule has 3 heteroatoms. The molecule has 0 bridgehead atoms. The molecule has 0 spiro atoms. The van der Waals surface area contributed by atoms with Gasteiger partial charge in [-0.05, 0) is 18.6 Å². The molecule has 100 valence electrons. The molecule has 0 atom stereocenters. The van der Waals surface area contributed by atoms with Crippen LogP contribution in [0.15, 0.2) is 60.7 Å². The van der Waals surface area contributed by atoms with Crippen molar-refractivity contribution in [2.75, 3.05) is 5.32 Å². The molecule has 1 N–H and O–H groups in total. The van der Waals surface area contributed by atoms with E-state index >= 15 is 0 Å². The van der Waals surface area contributed by atoms with Gasteiger partial charge in [0.25, 0.3) is 0 Å². The van der Waals surface area contributed by atoms with Gasteiger partial charge in [-0.1, -0.05) is 55.5 Å². The maximum absolute atomic E-state index is 4.75. The average molecular weight is 280 g/mol. The maximum Gasteiger partial charge on any atom is 0.187 e. The summed E-state index contributed by atoms with van der Waals surface area (Å²) in [4.78, 5) is 6.07. The summed E-state index contributed by atoms with van der Waals surface area (Å²) in [6.45, 7) is 2.17. The van der Waals surface area contributed by atoms with Crippen molar-refractivity contribution in [3.05, 3.63) is 65.5 Å². The minimum absolute atomic E-state index is 0.951. The van der Waals surface area contributed by atoms with Crippen LogP contribution in [-0.4, -0.2) is 4.98 Å². The van der Waals surface area contributed by atoms with Crippen LogP contribution >= 0.6 is 11.3 Å². The molecule has 0 unspecified atom stereocenters. The van der Waals surface area contributed by atoms with Crippen LogP contribution in [0.4, 0.5) is 10.8 Å². The SMILES string of the molecule is CCc1sc(Nc2ccccc2)nc1-c1ccccc1. The molecule has 1 aromatic heterocycles. The molecule has 0 saturated heterocycles. The standard InChI is InChI=1S/C17H16N2S/c1-2-15-16(13-9-5-3-6-10-13)19-17(20-15)18-14-11-7-4-8-12-14/h3-12H,2H2,1H3,(H,18,19). The van der Waals surface area contributed by atoms with Crippen LogP contribution in [0.25, 0.3) is 11.3 Å². The number of benzene rings is 2. The predicted molar refractivity (Wildman–Crippen MR) is 86.7 cm³/mol. The van der Waals surface area contributed by atoms with Gasteiger partial charge in [-0.3, -0.25) is 0 Å². The number of aryl methyl sites for hydroxylation is 1. The Balaban J connectivity index is 1.93. The molecule has 0 aliphatic rings. The zero-order chi connectivity index (χ0) is 13.8. The number of para-hydroxylation sites is 1. The number of nitrogens with one attached hydrogen (secondary N) is 1. The Kier molecular flexibility index (Phi) is 3.79. The smallest absolute Gasteiger partial charge is 0.187 e. The van der Waals surface area contributed by atoms with Crippen molar-refractivity contribution in [2.24, 2.45) is 0 Å². The fourth-order valence-electron chi connectivity index (χ4n) is 2.11. The minimum atomic E-state index is 0.951. The monoisotopic (exact) mass is 280 g/mol. The zero-order valence-electron chi connectivity index (χ0n) is 11.3. The van der Waals surface area contributed by atoms with E-state index in [1.807, 2.05) is 24.3 Å². The van der Waals surface area contributed by atoms with Gasteiger partial charge in [0.2, 0.25) is 0 Å². The number of aromatic nitrogens is 1. The van der Waals surface area contributed by atoms with Crippen LogP contribution in [-0.2, 0) is 6.42 Å². The first-order valence-corrected chi connectivity index (χ1v) is 7.55. The average Bonchev–Trinajstić information content (AvgIpc) is 2.92. The van der Waals surface area contributed by atoms with Crippen LogP contribution in [0, 0.1) is 0 Å². The molecule has 0 aliphatic carbocycles. The number of thiazole rings is 1. The predicted octanol–water partition coefficient (Wildman–Crippen LogP) is 5.12. The highest BCUT2D eigenvalue weighted by atomic mass is 32.1. The lowest BCUT2D eigenvalue weighted by Crippen LogP contribution is -1.88. The number of anilines is 2. The lowest BCUT2D eigenvalue weighted by atomic mass is 10.1. The largest absolute Gasteiger partial charge is 0.332 e. The molecule has 0 saturated carbocycles. The topological polar surface area (TPSA) is 24.9 Å². The zero-order valence-corrected chi connectivity index (χ0v) is 12.2. The maximum atomic E-state index is 4.75. The van der Waals surface area contributed by atoms with E-state index in [0.717, 1.165) is 22.9 Å². The van der Waals surface area contributed by atoms with Gasteiger partial charge < -0.3 is 5.32 Å². The van der Waals surface area contributed by atoms with Crippen molar-refractivity contribution >= 4 is 22.2 Å². The second-order valence-electron chi connectivity index (χ2n) is 4.50. The van der Waals surface area contributed by atoms with Gasteiger partial charge in [0.15, 0.2) is 5.13 Å². The van der Waals surface area contributed by atoms with Crippen molar-refractivity contribution < 1.29 is 0 Å². The van der Waals surface area contributed by atoms with E-state index in [2.05, 4.69) is 48.6 Å². The molecular formula is C17H16N2S. The molecule has 0 radical (unpaired) electrons. The summed E-state index contributed by atoms with van der Waals surface area (Å²) in [5.74, 6) is 0. The van der Waals surface area contributed by atoms with E-state index in [-0.39, 0.29) is 0 Å². The third kappa shape index (κ3) is 2.73. The van der Waals surface area contributed by atoms with E-state index < -0.39 is 0 Å². The fourth-order valence-corrected chi connectivity index (χ4v) is 3.06. The van der Waals surface area contributed by atoms with Crippen LogP contribution in [0.2, 0.25) is 0 Å².